The van der Waals surface area contributed by atoms with Crippen LogP contribution in [-0.4, -0.2) is 35.4 Å². The highest BCUT2D eigenvalue weighted by molar-refractivity contribution is 7.55. The summed E-state index contributed by atoms with van der Waals surface area (Å²) < 4.78 is 45.8. The number of rotatable bonds is 6. The summed E-state index contributed by atoms with van der Waals surface area (Å²) in [5, 5.41) is 16.7. The fraction of sp³-hybridized carbons (Fsp3) is 1.00. The molecule has 0 radical (unpaired) electrons. The molecule has 5 nitrogen and oxygen atoms in total. The van der Waals surface area contributed by atoms with Crippen LogP contribution in [0.2, 0.25) is 0 Å². The molecule has 0 aromatic heterocycles. The third-order valence-electron chi connectivity index (χ3n) is 1.27. The molecule has 0 saturated carbocycles. The molecule has 0 aliphatic rings. The fourth-order valence-corrected chi connectivity index (χ4v) is 2.07. The molecule has 14 heavy (non-hydrogen) atoms. The lowest BCUT2D eigenvalue weighted by molar-refractivity contribution is -0.174. The Hall–Kier alpha value is -0.0700. The van der Waals surface area contributed by atoms with Crippen LogP contribution in [0.15, 0.2) is 0 Å². The van der Waals surface area contributed by atoms with E-state index in [0.29, 0.717) is 0 Å². The van der Waals surface area contributed by atoms with E-state index in [0.717, 1.165) is 0 Å². The van der Waals surface area contributed by atoms with Gasteiger partial charge in [-0.2, -0.15) is 8.78 Å². The van der Waals surface area contributed by atoms with Gasteiger partial charge in [0.1, 0.15) is 0 Å². The molecule has 8 heteroatoms. The molecular weight excluding hydrogens is 221 g/mol. The van der Waals surface area contributed by atoms with Crippen molar-refractivity contribution in [3.05, 3.63) is 0 Å². The molecule has 0 aromatic carbocycles. The third kappa shape index (κ3) is 2.71. The quantitative estimate of drug-likeness (QED) is 0.532. The molecule has 0 heterocycles. The highest BCUT2D eigenvalue weighted by atomic mass is 31.2. The van der Waals surface area contributed by atoms with Gasteiger partial charge < -0.3 is 19.3 Å². The number of aliphatic hydroxyl groups excluding tert-OH is 1. The Labute approximate surface area is 80.2 Å². The lowest BCUT2D eigenvalue weighted by Crippen LogP contribution is -2.34. The maximum absolute atomic E-state index is 13.0. The SMILES string of the molecule is CCOP(=O)(OCC)C(F)(F)C(O)O. The Morgan fingerprint density at radius 2 is 1.64 bits per heavy atom. The third-order valence-corrected chi connectivity index (χ3v) is 3.43. The van der Waals surface area contributed by atoms with E-state index in [4.69, 9.17) is 10.2 Å². The van der Waals surface area contributed by atoms with Gasteiger partial charge in [0, 0.05) is 0 Å². The molecule has 0 rings (SSSR count). The van der Waals surface area contributed by atoms with Crippen molar-refractivity contribution in [1.29, 1.82) is 0 Å². The summed E-state index contributed by atoms with van der Waals surface area (Å²) in [5.41, 5.74) is -4.32. The van der Waals surface area contributed by atoms with E-state index < -0.39 is 19.5 Å². The van der Waals surface area contributed by atoms with E-state index in [1.54, 1.807) is 0 Å². The highest BCUT2D eigenvalue weighted by Crippen LogP contribution is 2.62. The number of halogens is 2. The van der Waals surface area contributed by atoms with Crippen LogP contribution in [0, 0.1) is 0 Å². The van der Waals surface area contributed by atoms with E-state index >= 15 is 0 Å². The van der Waals surface area contributed by atoms with Crippen molar-refractivity contribution < 1.29 is 32.6 Å². The van der Waals surface area contributed by atoms with Gasteiger partial charge >= 0.3 is 13.3 Å². The number of hydrogen-bond donors (Lipinski definition) is 2. The van der Waals surface area contributed by atoms with Gasteiger partial charge in [-0.1, -0.05) is 0 Å². The lowest BCUT2D eigenvalue weighted by Gasteiger charge is -2.26. The van der Waals surface area contributed by atoms with Crippen LogP contribution in [0.4, 0.5) is 8.78 Å². The predicted octanol–water partition coefficient (Wildman–Crippen LogP) is 1.16. The van der Waals surface area contributed by atoms with Crippen molar-refractivity contribution >= 4 is 7.60 Å². The minimum Gasteiger partial charge on any atom is -0.363 e. The first-order chi connectivity index (χ1) is 6.31. The van der Waals surface area contributed by atoms with Gasteiger partial charge in [-0.3, -0.25) is 4.57 Å². The molecule has 2 N–H and O–H groups in total. The summed E-state index contributed by atoms with van der Waals surface area (Å²) in [7, 11) is -4.81. The van der Waals surface area contributed by atoms with Gasteiger partial charge in [0.05, 0.1) is 13.2 Å². The largest absolute Gasteiger partial charge is 0.405 e. The molecule has 0 atom stereocenters. The zero-order valence-electron chi connectivity index (χ0n) is 7.81. The van der Waals surface area contributed by atoms with Gasteiger partial charge in [-0.05, 0) is 13.8 Å². The molecule has 0 bridgehead atoms. The normalized spacial score (nSPS) is 13.6. The van der Waals surface area contributed by atoms with Crippen molar-refractivity contribution in [1.82, 2.24) is 0 Å². The molecule has 0 aromatic rings. The van der Waals surface area contributed by atoms with E-state index in [9.17, 15) is 13.3 Å². The van der Waals surface area contributed by atoms with Crippen molar-refractivity contribution in [2.45, 2.75) is 25.8 Å². The summed E-state index contributed by atoms with van der Waals surface area (Å²) >= 11 is 0. The molecule has 0 spiro atoms. The van der Waals surface area contributed by atoms with Crippen molar-refractivity contribution in [3.63, 3.8) is 0 Å². The Kier molecular flexibility index (Phi) is 5.11. The molecule has 0 unspecified atom stereocenters. The van der Waals surface area contributed by atoms with E-state index in [1.807, 2.05) is 0 Å². The van der Waals surface area contributed by atoms with Crippen LogP contribution in [-0.2, 0) is 13.6 Å². The Bertz CT molecular complexity index is 210. The van der Waals surface area contributed by atoms with Crippen LogP contribution >= 0.6 is 7.60 Å². The average molecular weight is 234 g/mol. The van der Waals surface area contributed by atoms with E-state index in [-0.39, 0.29) is 13.2 Å². The number of alkyl halides is 2. The van der Waals surface area contributed by atoms with Crippen molar-refractivity contribution in [2.24, 2.45) is 0 Å². The van der Waals surface area contributed by atoms with Crippen molar-refractivity contribution in [3.8, 4) is 0 Å². The summed E-state index contributed by atoms with van der Waals surface area (Å²) in [6, 6.07) is 0. The van der Waals surface area contributed by atoms with Gasteiger partial charge in [0.2, 0.25) is 6.29 Å². The topological polar surface area (TPSA) is 76.0 Å². The van der Waals surface area contributed by atoms with Gasteiger partial charge in [0.15, 0.2) is 0 Å². The average Bonchev–Trinajstić information content (AvgIpc) is 2.04. The second-order valence-electron chi connectivity index (χ2n) is 2.29. The second-order valence-corrected chi connectivity index (χ2v) is 4.40. The predicted molar refractivity (Wildman–Crippen MR) is 44.0 cm³/mol. The van der Waals surface area contributed by atoms with Gasteiger partial charge in [-0.15, -0.1) is 0 Å². The van der Waals surface area contributed by atoms with Crippen LogP contribution in [0.3, 0.4) is 0 Å². The summed E-state index contributed by atoms with van der Waals surface area (Å²) in [6.45, 7) is 2.12. The monoisotopic (exact) mass is 234 g/mol. The molecular formula is C6H13F2O5P. The second kappa shape index (κ2) is 5.14. The minimum absolute atomic E-state index is 0.278. The van der Waals surface area contributed by atoms with Crippen LogP contribution in [0.5, 0.6) is 0 Å². The zero-order valence-corrected chi connectivity index (χ0v) is 8.71. The molecule has 0 aliphatic carbocycles. The van der Waals surface area contributed by atoms with Crippen LogP contribution < -0.4 is 0 Å². The first-order valence-electron chi connectivity index (χ1n) is 3.95. The molecule has 86 valence electrons. The molecule has 0 fully saturated rings. The Morgan fingerprint density at radius 3 is 1.86 bits per heavy atom. The Balaban J connectivity index is 4.89. The zero-order chi connectivity index (χ0) is 11.4. The summed E-state index contributed by atoms with van der Waals surface area (Å²) in [4.78, 5) is 0. The first kappa shape index (κ1) is 13.9. The molecule has 0 saturated heterocycles. The van der Waals surface area contributed by atoms with Crippen molar-refractivity contribution in [2.75, 3.05) is 13.2 Å². The van der Waals surface area contributed by atoms with Gasteiger partial charge in [0.25, 0.3) is 0 Å². The molecule has 0 aliphatic heterocycles. The smallest absolute Gasteiger partial charge is 0.363 e. The van der Waals surface area contributed by atoms with E-state index in [2.05, 4.69) is 9.05 Å². The fourth-order valence-electron chi connectivity index (χ4n) is 0.691. The van der Waals surface area contributed by atoms with E-state index in [1.165, 1.54) is 13.8 Å². The summed E-state index contributed by atoms with van der Waals surface area (Å²) in [6.07, 6.45) is -3.08. The standard InChI is InChI=1S/C6H13F2O5P/c1-3-12-14(11,13-4-2)6(7,8)5(9)10/h5,9-10H,3-4H2,1-2H3. The lowest BCUT2D eigenvalue weighted by atomic mass is 10.7. The van der Waals surface area contributed by atoms with Crippen LogP contribution in [0.25, 0.3) is 0 Å². The first-order valence-corrected chi connectivity index (χ1v) is 5.49. The van der Waals surface area contributed by atoms with Crippen LogP contribution in [0.1, 0.15) is 13.8 Å². The number of aliphatic hydroxyl groups is 2. The number of hydrogen-bond acceptors (Lipinski definition) is 5. The van der Waals surface area contributed by atoms with Gasteiger partial charge in [-0.25, -0.2) is 0 Å². The maximum Gasteiger partial charge on any atom is 0.405 e. The highest BCUT2D eigenvalue weighted by Gasteiger charge is 2.58. The maximum atomic E-state index is 13.0. The summed E-state index contributed by atoms with van der Waals surface area (Å²) in [5.74, 6) is 0. The minimum atomic E-state index is -4.81. The molecule has 0 amide bonds. The Morgan fingerprint density at radius 1 is 1.29 bits per heavy atom.